The summed E-state index contributed by atoms with van der Waals surface area (Å²) in [6.07, 6.45) is 0.348. The van der Waals surface area contributed by atoms with Crippen LogP contribution in [0.2, 0.25) is 0 Å². The van der Waals surface area contributed by atoms with Crippen molar-refractivity contribution in [2.24, 2.45) is 0 Å². The van der Waals surface area contributed by atoms with Crippen LogP contribution in [0.1, 0.15) is 43.6 Å². The van der Waals surface area contributed by atoms with Crippen molar-refractivity contribution in [1.82, 2.24) is 15.2 Å². The Balaban J connectivity index is 1.68. The fourth-order valence-electron chi connectivity index (χ4n) is 5.02. The van der Waals surface area contributed by atoms with Crippen LogP contribution in [0, 0.1) is 10.1 Å². The van der Waals surface area contributed by atoms with E-state index in [0.717, 1.165) is 12.8 Å². The van der Waals surface area contributed by atoms with E-state index in [9.17, 15) is 23.3 Å². The lowest BCUT2D eigenvalue weighted by molar-refractivity contribution is -0.385. The van der Waals surface area contributed by atoms with Gasteiger partial charge in [0.05, 0.1) is 18.6 Å². The Kier molecular flexibility index (Phi) is 7.25. The third kappa shape index (κ3) is 5.05. The Labute approximate surface area is 221 Å². The minimum absolute atomic E-state index is 0.00986. The van der Waals surface area contributed by atoms with E-state index in [1.807, 2.05) is 11.0 Å². The van der Waals surface area contributed by atoms with Crippen molar-refractivity contribution in [3.05, 3.63) is 70.1 Å². The molecule has 4 heterocycles. The van der Waals surface area contributed by atoms with Gasteiger partial charge in [-0.3, -0.25) is 10.1 Å². The molecular formula is C26H26F3N5O5. The number of halogens is 3. The largest absolute Gasteiger partial charge is 0.490 e. The van der Waals surface area contributed by atoms with Crippen molar-refractivity contribution < 1.29 is 32.0 Å². The zero-order valence-electron chi connectivity index (χ0n) is 21.1. The molecule has 1 saturated heterocycles. The van der Waals surface area contributed by atoms with Gasteiger partial charge in [-0.25, -0.2) is 4.98 Å². The van der Waals surface area contributed by atoms with E-state index in [4.69, 9.17) is 13.9 Å². The topological polar surface area (TPSA) is 117 Å². The molecule has 2 aromatic heterocycles. The van der Waals surface area contributed by atoms with Crippen LogP contribution in [0.3, 0.4) is 0 Å². The molecule has 4 bridgehead atoms. The number of hydrogen-bond donors (Lipinski definition) is 0. The second-order valence-corrected chi connectivity index (χ2v) is 9.38. The van der Waals surface area contributed by atoms with E-state index in [-0.39, 0.29) is 30.5 Å². The van der Waals surface area contributed by atoms with Gasteiger partial charge in [-0.15, -0.1) is 10.2 Å². The second-order valence-electron chi connectivity index (χ2n) is 9.38. The number of rotatable bonds is 5. The molecule has 0 saturated carbocycles. The smallest absolute Gasteiger partial charge is 0.426 e. The van der Waals surface area contributed by atoms with Crippen LogP contribution in [0.15, 0.2) is 53.0 Å². The van der Waals surface area contributed by atoms with Crippen molar-refractivity contribution in [2.75, 3.05) is 18.6 Å². The number of pyridine rings is 1. The Morgan fingerprint density at radius 1 is 1.23 bits per heavy atom. The van der Waals surface area contributed by atoms with E-state index in [1.165, 1.54) is 13.2 Å². The quantitative estimate of drug-likeness (QED) is 0.225. The summed E-state index contributed by atoms with van der Waals surface area (Å²) in [5.41, 5.74) is -3.39. The number of ether oxygens (including phenoxy) is 2. The zero-order chi connectivity index (χ0) is 27.6. The minimum atomic E-state index is -4.95. The summed E-state index contributed by atoms with van der Waals surface area (Å²) in [5.74, 6) is -1.12. The number of fused-ring (bicyclic) bond motifs is 7. The summed E-state index contributed by atoms with van der Waals surface area (Å²) >= 11 is 0. The summed E-state index contributed by atoms with van der Waals surface area (Å²) < 4.78 is 61.0. The molecule has 13 heteroatoms. The van der Waals surface area contributed by atoms with Crippen molar-refractivity contribution in [1.29, 1.82) is 0 Å². The molecule has 39 heavy (non-hydrogen) atoms. The highest BCUT2D eigenvalue weighted by Gasteiger charge is 2.61. The molecular weight excluding hydrogens is 519 g/mol. The van der Waals surface area contributed by atoms with Crippen LogP contribution >= 0.6 is 0 Å². The molecule has 5 rings (SSSR count). The number of anilines is 1. The number of methoxy groups -OCH3 is 1. The number of alkyl halides is 3. The summed E-state index contributed by atoms with van der Waals surface area (Å²) in [6, 6.07) is 9.88. The number of aromatic nitrogens is 3. The number of nitro groups is 1. The van der Waals surface area contributed by atoms with Gasteiger partial charge in [0, 0.05) is 18.7 Å². The lowest BCUT2D eigenvalue weighted by Crippen LogP contribution is -2.45. The van der Waals surface area contributed by atoms with Gasteiger partial charge in [0.2, 0.25) is 17.0 Å². The van der Waals surface area contributed by atoms with E-state index >= 15 is 0 Å². The Morgan fingerprint density at radius 2 is 2.03 bits per heavy atom. The minimum Gasteiger partial charge on any atom is -0.490 e. The first-order chi connectivity index (χ1) is 18.7. The SMILES string of the molecule is COc1cc2nc(c1[N+](=O)[O-])-c1nnc(o1)C(OCc1ccccc1)(C(F)(F)F)CCC=CC[C@@H]1CCCN21. The zero-order valence-corrected chi connectivity index (χ0v) is 21.1. The number of allylic oxidation sites excluding steroid dienone is 1. The molecule has 1 unspecified atom stereocenters. The Morgan fingerprint density at radius 3 is 2.74 bits per heavy atom. The van der Waals surface area contributed by atoms with Crippen LogP contribution in [-0.4, -0.2) is 46.0 Å². The number of hydrogen-bond acceptors (Lipinski definition) is 9. The summed E-state index contributed by atoms with van der Waals surface area (Å²) in [5, 5.41) is 19.5. The molecule has 2 aliphatic heterocycles. The van der Waals surface area contributed by atoms with Crippen LogP contribution in [0.5, 0.6) is 5.75 Å². The van der Waals surface area contributed by atoms with Gasteiger partial charge in [0.1, 0.15) is 5.82 Å². The fourth-order valence-corrected chi connectivity index (χ4v) is 5.02. The maximum Gasteiger partial charge on any atom is 0.426 e. The average molecular weight is 546 g/mol. The van der Waals surface area contributed by atoms with Gasteiger partial charge >= 0.3 is 11.9 Å². The highest BCUT2D eigenvalue weighted by atomic mass is 19.4. The number of benzene rings is 1. The lowest BCUT2D eigenvalue weighted by Gasteiger charge is -2.32. The molecule has 2 aliphatic rings. The van der Waals surface area contributed by atoms with Crippen LogP contribution in [0.4, 0.5) is 24.7 Å². The molecule has 0 N–H and O–H groups in total. The molecule has 3 aromatic rings. The first kappa shape index (κ1) is 26.6. The first-order valence-electron chi connectivity index (χ1n) is 12.5. The van der Waals surface area contributed by atoms with E-state index in [2.05, 4.69) is 15.2 Å². The van der Waals surface area contributed by atoms with E-state index in [0.29, 0.717) is 24.3 Å². The van der Waals surface area contributed by atoms with Gasteiger partial charge in [-0.1, -0.05) is 42.5 Å². The van der Waals surface area contributed by atoms with Gasteiger partial charge < -0.3 is 18.8 Å². The molecule has 0 radical (unpaired) electrons. The Hall–Kier alpha value is -4.00. The third-order valence-electron chi connectivity index (χ3n) is 7.02. The van der Waals surface area contributed by atoms with Crippen LogP contribution in [-0.2, 0) is 16.9 Å². The molecule has 0 aliphatic carbocycles. The third-order valence-corrected chi connectivity index (χ3v) is 7.02. The van der Waals surface area contributed by atoms with Gasteiger partial charge in [0.15, 0.2) is 0 Å². The second kappa shape index (κ2) is 10.6. The molecule has 0 amide bonds. The van der Waals surface area contributed by atoms with Gasteiger partial charge in [-0.05, 0) is 37.7 Å². The van der Waals surface area contributed by atoms with Crippen molar-refractivity contribution >= 4 is 11.5 Å². The average Bonchev–Trinajstić information content (AvgIpc) is 3.59. The van der Waals surface area contributed by atoms with Crippen LogP contribution in [0.25, 0.3) is 11.6 Å². The van der Waals surface area contributed by atoms with E-state index in [1.54, 1.807) is 36.4 Å². The fraction of sp³-hybridized carbons (Fsp3) is 0.423. The normalized spacial score (nSPS) is 21.3. The highest BCUT2D eigenvalue weighted by molar-refractivity contribution is 5.72. The summed E-state index contributed by atoms with van der Waals surface area (Å²) in [4.78, 5) is 17.7. The maximum absolute atomic E-state index is 14.8. The molecule has 1 aromatic carbocycles. The standard InChI is InChI=1S/C26H26F3N5O5/c1-37-19-15-20-30-21(22(19)34(35)36)23-31-32-24(39-23)25(26(27,28)29,38-16-17-9-4-2-5-10-17)13-7-3-6-11-18-12-8-14-33(18)20/h2-6,9-10,15,18H,7-8,11-14,16H2,1H3/t18-,25?/m1/s1. The molecule has 206 valence electrons. The predicted molar refractivity (Wildman–Crippen MR) is 133 cm³/mol. The summed E-state index contributed by atoms with van der Waals surface area (Å²) in [7, 11) is 1.27. The monoisotopic (exact) mass is 545 g/mol. The molecule has 10 nitrogen and oxygen atoms in total. The molecule has 0 spiro atoms. The van der Waals surface area contributed by atoms with Crippen molar-refractivity contribution in [3.63, 3.8) is 0 Å². The van der Waals surface area contributed by atoms with E-state index < -0.39 is 40.6 Å². The Bertz CT molecular complexity index is 1360. The maximum atomic E-state index is 14.8. The first-order valence-corrected chi connectivity index (χ1v) is 12.5. The molecule has 2 atom stereocenters. The predicted octanol–water partition coefficient (Wildman–Crippen LogP) is 5.73. The van der Waals surface area contributed by atoms with Gasteiger partial charge in [-0.2, -0.15) is 13.2 Å². The van der Waals surface area contributed by atoms with Crippen molar-refractivity contribution in [3.8, 4) is 17.3 Å². The number of nitrogens with zero attached hydrogens (tertiary/aromatic N) is 5. The van der Waals surface area contributed by atoms with Crippen LogP contribution < -0.4 is 9.64 Å². The van der Waals surface area contributed by atoms with Gasteiger partial charge in [0.25, 0.3) is 11.8 Å². The highest BCUT2D eigenvalue weighted by Crippen LogP contribution is 2.47. The summed E-state index contributed by atoms with van der Waals surface area (Å²) in [6.45, 7) is 0.284. The molecule has 1 fully saturated rings. The van der Waals surface area contributed by atoms with Crippen molar-refractivity contribution in [2.45, 2.75) is 56.5 Å². The lowest BCUT2D eigenvalue weighted by atomic mass is 9.95.